The smallest absolute Gasteiger partial charge is 0.311 e. The van der Waals surface area contributed by atoms with Crippen LogP contribution in [-0.4, -0.2) is 36.3 Å². The summed E-state index contributed by atoms with van der Waals surface area (Å²) < 4.78 is 36.8. The predicted molar refractivity (Wildman–Crippen MR) is 117 cm³/mol. The summed E-state index contributed by atoms with van der Waals surface area (Å²) in [6, 6.07) is 10.7. The number of ether oxygens (including phenoxy) is 1. The number of rotatable bonds is 9. The van der Waals surface area contributed by atoms with Crippen molar-refractivity contribution in [2.45, 2.75) is 56.8 Å². The van der Waals surface area contributed by atoms with E-state index in [1.54, 1.807) is 32.0 Å². The number of phenolic OH excluding ortho intramolecular Hbond substituents is 2. The van der Waals surface area contributed by atoms with Crippen molar-refractivity contribution >= 4 is 16.1 Å². The van der Waals surface area contributed by atoms with Gasteiger partial charge in [-0.15, -0.1) is 0 Å². The minimum Gasteiger partial charge on any atom is -0.504 e. The Hall–Kier alpha value is -2.58. The van der Waals surface area contributed by atoms with Crippen LogP contribution < -0.4 is 0 Å². The molecule has 0 radical (unpaired) electrons. The normalized spacial score (nSPS) is 14.1. The molecule has 31 heavy (non-hydrogen) atoms. The molecule has 0 saturated heterocycles. The lowest BCUT2D eigenvalue weighted by Gasteiger charge is -2.30. The highest BCUT2D eigenvalue weighted by atomic mass is 32.2. The summed E-state index contributed by atoms with van der Waals surface area (Å²) in [5.41, 5.74) is 0.902. The Morgan fingerprint density at radius 3 is 2.06 bits per heavy atom. The van der Waals surface area contributed by atoms with E-state index in [1.165, 1.54) is 31.4 Å². The summed E-state index contributed by atoms with van der Waals surface area (Å²) in [6.07, 6.45) is 1.82. The molecule has 0 heterocycles. The van der Waals surface area contributed by atoms with Crippen LogP contribution in [0.5, 0.6) is 11.5 Å². The monoisotopic (exact) mass is 450 g/mol. The highest BCUT2D eigenvalue weighted by Gasteiger charge is 2.34. The molecule has 2 aromatic rings. The van der Waals surface area contributed by atoms with E-state index < -0.39 is 15.5 Å². The number of carbonyl (C=O) groups excluding carboxylic acids is 1. The van der Waals surface area contributed by atoms with Crippen LogP contribution in [0, 0.1) is 5.41 Å². The average Bonchev–Trinajstić information content (AvgIpc) is 2.71. The minimum atomic E-state index is -4.27. The van der Waals surface area contributed by atoms with Gasteiger partial charge in [0.15, 0.2) is 11.5 Å². The summed E-state index contributed by atoms with van der Waals surface area (Å²) in [5.74, 6) is -0.908. The van der Waals surface area contributed by atoms with Crippen molar-refractivity contribution in [3.63, 3.8) is 0 Å². The first-order chi connectivity index (χ1) is 14.4. The van der Waals surface area contributed by atoms with E-state index in [2.05, 4.69) is 0 Å². The second-order valence-electron chi connectivity index (χ2n) is 8.41. The van der Waals surface area contributed by atoms with Crippen molar-refractivity contribution in [1.29, 1.82) is 0 Å². The quantitative estimate of drug-likeness (QED) is 0.290. The lowest BCUT2D eigenvalue weighted by Crippen LogP contribution is -2.28. The molecule has 0 aliphatic rings. The van der Waals surface area contributed by atoms with Gasteiger partial charge in [-0.3, -0.25) is 9.35 Å². The lowest BCUT2D eigenvalue weighted by atomic mass is 9.74. The Balaban J connectivity index is 2.40. The summed E-state index contributed by atoms with van der Waals surface area (Å²) in [4.78, 5) is 12.1. The van der Waals surface area contributed by atoms with Crippen molar-refractivity contribution in [2.24, 2.45) is 5.41 Å². The molecule has 0 spiro atoms. The van der Waals surface area contributed by atoms with E-state index in [-0.39, 0.29) is 34.2 Å². The van der Waals surface area contributed by atoms with E-state index in [0.29, 0.717) is 12.8 Å². The molecule has 0 saturated carbocycles. The molecule has 0 bridgehead atoms. The van der Waals surface area contributed by atoms with Gasteiger partial charge in [-0.2, -0.15) is 8.42 Å². The fourth-order valence-corrected chi connectivity index (χ4v) is 4.38. The minimum absolute atomic E-state index is 0.0323. The van der Waals surface area contributed by atoms with Crippen LogP contribution in [0.3, 0.4) is 0 Å². The van der Waals surface area contributed by atoms with Crippen molar-refractivity contribution in [1.82, 2.24) is 0 Å². The Bertz CT molecular complexity index is 1010. The van der Waals surface area contributed by atoms with Crippen LogP contribution in [0.25, 0.3) is 0 Å². The highest BCUT2D eigenvalue weighted by molar-refractivity contribution is 7.85. The first-order valence-electron chi connectivity index (χ1n) is 10.1. The van der Waals surface area contributed by atoms with Crippen molar-refractivity contribution in [2.75, 3.05) is 7.11 Å². The Morgan fingerprint density at radius 2 is 1.58 bits per heavy atom. The zero-order valence-corrected chi connectivity index (χ0v) is 19.0. The van der Waals surface area contributed by atoms with E-state index in [9.17, 15) is 28.0 Å². The molecular weight excluding hydrogens is 420 g/mol. The van der Waals surface area contributed by atoms with Crippen molar-refractivity contribution in [3.05, 3.63) is 53.6 Å². The molecule has 0 aliphatic carbocycles. The molecule has 0 aromatic heterocycles. The third-order valence-electron chi connectivity index (χ3n) is 5.68. The molecule has 0 amide bonds. The molecule has 170 valence electrons. The van der Waals surface area contributed by atoms with Crippen LogP contribution in [0.15, 0.2) is 47.4 Å². The number of methoxy groups -OCH3 is 1. The number of esters is 1. The van der Waals surface area contributed by atoms with Crippen LogP contribution in [0.2, 0.25) is 0 Å². The molecule has 0 aliphatic heterocycles. The first-order valence-corrected chi connectivity index (χ1v) is 11.5. The number of hydrogen-bond donors (Lipinski definition) is 3. The van der Waals surface area contributed by atoms with Crippen LogP contribution in [-0.2, 0) is 19.6 Å². The van der Waals surface area contributed by atoms with Crippen molar-refractivity contribution < 1.29 is 32.7 Å². The third kappa shape index (κ3) is 6.21. The van der Waals surface area contributed by atoms with E-state index in [1.807, 2.05) is 6.92 Å². The van der Waals surface area contributed by atoms with Gasteiger partial charge in [0.1, 0.15) is 0 Å². The summed E-state index contributed by atoms with van der Waals surface area (Å²) >= 11 is 0. The van der Waals surface area contributed by atoms with Gasteiger partial charge in [-0.25, -0.2) is 0 Å². The van der Waals surface area contributed by atoms with Gasteiger partial charge in [-0.1, -0.05) is 25.1 Å². The molecule has 2 unspecified atom stereocenters. The Kier molecular flexibility index (Phi) is 7.72. The van der Waals surface area contributed by atoms with Crippen LogP contribution >= 0.6 is 0 Å². The van der Waals surface area contributed by atoms with E-state index in [4.69, 9.17) is 4.74 Å². The largest absolute Gasteiger partial charge is 0.504 e. The van der Waals surface area contributed by atoms with Gasteiger partial charge >= 0.3 is 5.97 Å². The second-order valence-corrected chi connectivity index (χ2v) is 9.83. The van der Waals surface area contributed by atoms with Gasteiger partial charge in [0.2, 0.25) is 0 Å². The van der Waals surface area contributed by atoms with Crippen molar-refractivity contribution in [3.8, 4) is 11.5 Å². The molecular formula is C23H30O7S. The number of carbonyl (C=O) groups is 1. The molecule has 2 rings (SSSR count). The zero-order chi connectivity index (χ0) is 23.4. The SMILES string of the molecule is CCC(CC(CC(C)(C)C(=O)OC)c1ccc(O)c(O)c1)c1ccc(S(=O)(=O)O)cc1. The van der Waals surface area contributed by atoms with Gasteiger partial charge in [0.05, 0.1) is 17.4 Å². The van der Waals surface area contributed by atoms with Gasteiger partial charge in [-0.05, 0) is 80.3 Å². The highest BCUT2D eigenvalue weighted by Crippen LogP contribution is 2.42. The van der Waals surface area contributed by atoms with E-state index >= 15 is 0 Å². The molecule has 2 aromatic carbocycles. The van der Waals surface area contributed by atoms with Crippen LogP contribution in [0.4, 0.5) is 0 Å². The maximum atomic E-state index is 12.3. The fraction of sp³-hybridized carbons (Fsp3) is 0.435. The maximum Gasteiger partial charge on any atom is 0.311 e. The number of aromatic hydroxyl groups is 2. The zero-order valence-electron chi connectivity index (χ0n) is 18.2. The molecule has 3 N–H and O–H groups in total. The summed E-state index contributed by atoms with van der Waals surface area (Å²) in [6.45, 7) is 5.61. The predicted octanol–water partition coefficient (Wildman–Crippen LogP) is 4.60. The second kappa shape index (κ2) is 9.70. The van der Waals surface area contributed by atoms with Crippen LogP contribution in [0.1, 0.15) is 63.0 Å². The van der Waals surface area contributed by atoms with E-state index in [0.717, 1.165) is 17.5 Å². The standard InChI is InChI=1S/C23H30O7S/c1-5-15(16-6-9-19(10-7-16)31(27,28)29)12-18(14-23(2,3)22(26)30-4)17-8-11-20(24)21(25)13-17/h6-11,13,15,18,24-25H,5,12,14H2,1-4H3,(H,27,28,29). The van der Waals surface area contributed by atoms with Gasteiger partial charge in [0.25, 0.3) is 10.1 Å². The maximum absolute atomic E-state index is 12.3. The lowest BCUT2D eigenvalue weighted by molar-refractivity contribution is -0.151. The Labute approximate surface area is 183 Å². The number of benzene rings is 2. The molecule has 8 heteroatoms. The Morgan fingerprint density at radius 1 is 1.00 bits per heavy atom. The fourth-order valence-electron chi connectivity index (χ4n) is 3.90. The molecule has 0 fully saturated rings. The number of hydrogen-bond acceptors (Lipinski definition) is 6. The summed E-state index contributed by atoms with van der Waals surface area (Å²) in [5, 5.41) is 19.7. The van der Waals surface area contributed by atoms with Gasteiger partial charge < -0.3 is 14.9 Å². The topological polar surface area (TPSA) is 121 Å². The average molecular weight is 451 g/mol. The van der Waals surface area contributed by atoms with Gasteiger partial charge in [0, 0.05) is 0 Å². The number of phenols is 2. The third-order valence-corrected chi connectivity index (χ3v) is 6.54. The molecule has 2 atom stereocenters. The first kappa shape index (κ1) is 24.7. The summed E-state index contributed by atoms with van der Waals surface area (Å²) in [7, 11) is -2.92. The molecule has 7 nitrogen and oxygen atoms in total.